The van der Waals surface area contributed by atoms with E-state index >= 15 is 0 Å². The minimum Gasteiger partial charge on any atom is -0.382 e. The van der Waals surface area contributed by atoms with Gasteiger partial charge in [-0.2, -0.15) is 0 Å². The predicted molar refractivity (Wildman–Crippen MR) is 95.2 cm³/mol. The van der Waals surface area contributed by atoms with Crippen molar-refractivity contribution in [3.8, 4) is 0 Å². The van der Waals surface area contributed by atoms with Gasteiger partial charge in [-0.05, 0) is 37.6 Å². The predicted octanol–water partition coefficient (Wildman–Crippen LogP) is 3.69. The molecule has 0 spiro atoms. The van der Waals surface area contributed by atoms with Crippen molar-refractivity contribution in [3.63, 3.8) is 0 Å². The number of amides is 2. The van der Waals surface area contributed by atoms with Crippen molar-refractivity contribution >= 4 is 23.2 Å². The van der Waals surface area contributed by atoms with Crippen molar-refractivity contribution in [2.24, 2.45) is 0 Å². The zero-order valence-electron chi connectivity index (χ0n) is 13.7. The molecule has 24 heavy (non-hydrogen) atoms. The van der Waals surface area contributed by atoms with E-state index in [4.69, 9.17) is 4.74 Å². The molecular weight excluding hydrogens is 304 g/mol. The molecule has 0 atom stereocenters. The minimum atomic E-state index is -0.214. The molecule has 0 aromatic heterocycles. The van der Waals surface area contributed by atoms with Crippen LogP contribution in [-0.2, 0) is 9.53 Å². The van der Waals surface area contributed by atoms with Crippen LogP contribution in [-0.4, -0.2) is 25.0 Å². The van der Waals surface area contributed by atoms with Crippen molar-refractivity contribution < 1.29 is 14.3 Å². The fourth-order valence-corrected chi connectivity index (χ4v) is 2.18. The van der Waals surface area contributed by atoms with Crippen LogP contribution in [0, 0.1) is 0 Å². The Kier molecular flexibility index (Phi) is 6.98. The molecule has 2 aromatic rings. The summed E-state index contributed by atoms with van der Waals surface area (Å²) in [5.74, 6) is -0.315. The van der Waals surface area contributed by atoms with Gasteiger partial charge in [-0.25, -0.2) is 0 Å². The Labute approximate surface area is 142 Å². The maximum absolute atomic E-state index is 12.3. The molecule has 0 saturated heterocycles. The molecule has 0 aliphatic heterocycles. The second-order valence-electron chi connectivity index (χ2n) is 5.21. The summed E-state index contributed by atoms with van der Waals surface area (Å²) < 4.78 is 5.22. The summed E-state index contributed by atoms with van der Waals surface area (Å²) >= 11 is 0. The van der Waals surface area contributed by atoms with Crippen molar-refractivity contribution in [1.82, 2.24) is 0 Å². The second kappa shape index (κ2) is 9.47. The van der Waals surface area contributed by atoms with Crippen molar-refractivity contribution in [3.05, 3.63) is 60.2 Å². The third-order valence-corrected chi connectivity index (χ3v) is 3.38. The number of ether oxygens (including phenoxy) is 1. The molecule has 5 nitrogen and oxygen atoms in total. The van der Waals surface area contributed by atoms with Gasteiger partial charge in [0.25, 0.3) is 5.91 Å². The fourth-order valence-electron chi connectivity index (χ4n) is 2.18. The lowest BCUT2D eigenvalue weighted by atomic mass is 10.2. The first-order valence-corrected chi connectivity index (χ1v) is 8.03. The molecule has 0 heterocycles. The highest BCUT2D eigenvalue weighted by Crippen LogP contribution is 2.22. The number of rotatable bonds is 8. The third-order valence-electron chi connectivity index (χ3n) is 3.38. The van der Waals surface area contributed by atoms with E-state index in [1.807, 2.05) is 25.1 Å². The number of hydrogen-bond acceptors (Lipinski definition) is 3. The standard InChI is InChI=1S/C19H22N2O3/c1-2-24-14-8-13-18(22)20-16-11-6-7-12-17(16)21-19(23)15-9-4-3-5-10-15/h3-7,9-12H,2,8,13-14H2,1H3,(H,20,22)(H,21,23). The topological polar surface area (TPSA) is 67.4 Å². The molecule has 0 fully saturated rings. The van der Waals surface area contributed by atoms with E-state index in [-0.39, 0.29) is 11.8 Å². The smallest absolute Gasteiger partial charge is 0.255 e. The van der Waals surface area contributed by atoms with E-state index in [1.54, 1.807) is 36.4 Å². The van der Waals surface area contributed by atoms with Gasteiger partial charge in [-0.15, -0.1) is 0 Å². The molecule has 2 amide bonds. The molecule has 0 aliphatic rings. The number of para-hydroxylation sites is 2. The Morgan fingerprint density at radius 3 is 2.21 bits per heavy atom. The first-order chi connectivity index (χ1) is 11.7. The second-order valence-corrected chi connectivity index (χ2v) is 5.21. The highest BCUT2D eigenvalue weighted by atomic mass is 16.5. The van der Waals surface area contributed by atoms with Crippen molar-refractivity contribution in [2.75, 3.05) is 23.8 Å². The molecule has 2 aromatic carbocycles. The van der Waals surface area contributed by atoms with E-state index < -0.39 is 0 Å². The van der Waals surface area contributed by atoms with Crippen LogP contribution in [0.3, 0.4) is 0 Å². The average molecular weight is 326 g/mol. The molecule has 0 aliphatic carbocycles. The van der Waals surface area contributed by atoms with Crippen LogP contribution < -0.4 is 10.6 Å². The maximum Gasteiger partial charge on any atom is 0.255 e. The summed E-state index contributed by atoms with van der Waals surface area (Å²) in [6, 6.07) is 16.1. The monoisotopic (exact) mass is 326 g/mol. The third kappa shape index (κ3) is 5.52. The Morgan fingerprint density at radius 1 is 0.917 bits per heavy atom. The van der Waals surface area contributed by atoms with Crippen LogP contribution >= 0.6 is 0 Å². The lowest BCUT2D eigenvalue weighted by Crippen LogP contribution is -2.16. The Balaban J connectivity index is 1.97. The lowest BCUT2D eigenvalue weighted by Gasteiger charge is -2.12. The fraction of sp³-hybridized carbons (Fsp3) is 0.263. The molecule has 0 unspecified atom stereocenters. The van der Waals surface area contributed by atoms with Gasteiger partial charge in [0.05, 0.1) is 11.4 Å². The normalized spacial score (nSPS) is 10.2. The van der Waals surface area contributed by atoms with E-state index in [0.29, 0.717) is 43.0 Å². The van der Waals surface area contributed by atoms with Gasteiger partial charge in [-0.3, -0.25) is 9.59 Å². The summed E-state index contributed by atoms with van der Waals surface area (Å²) in [5.41, 5.74) is 1.73. The van der Waals surface area contributed by atoms with Gasteiger partial charge >= 0.3 is 0 Å². The van der Waals surface area contributed by atoms with Gasteiger partial charge in [0.2, 0.25) is 5.91 Å². The van der Waals surface area contributed by atoms with Crippen molar-refractivity contribution in [1.29, 1.82) is 0 Å². The van der Waals surface area contributed by atoms with Gasteiger partial charge in [0.15, 0.2) is 0 Å². The number of benzene rings is 2. The van der Waals surface area contributed by atoms with E-state index in [9.17, 15) is 9.59 Å². The van der Waals surface area contributed by atoms with Crippen LogP contribution in [0.25, 0.3) is 0 Å². The number of nitrogens with one attached hydrogen (secondary N) is 2. The molecule has 126 valence electrons. The number of carbonyl (C=O) groups excluding carboxylic acids is 2. The van der Waals surface area contributed by atoms with Crippen LogP contribution in [0.2, 0.25) is 0 Å². The molecule has 5 heteroatoms. The first kappa shape index (κ1) is 17.7. The Bertz CT molecular complexity index is 671. The molecule has 0 saturated carbocycles. The molecule has 0 bridgehead atoms. The van der Waals surface area contributed by atoms with Crippen LogP contribution in [0.4, 0.5) is 11.4 Å². The van der Waals surface area contributed by atoms with Crippen molar-refractivity contribution in [2.45, 2.75) is 19.8 Å². The van der Waals surface area contributed by atoms with Crippen LogP contribution in [0.15, 0.2) is 54.6 Å². The number of anilines is 2. The zero-order chi connectivity index (χ0) is 17.2. The number of hydrogen-bond donors (Lipinski definition) is 2. The SMILES string of the molecule is CCOCCCC(=O)Nc1ccccc1NC(=O)c1ccccc1. The quantitative estimate of drug-likeness (QED) is 0.727. The van der Waals surface area contributed by atoms with E-state index in [0.717, 1.165) is 0 Å². The van der Waals surface area contributed by atoms with Gasteiger partial charge in [0.1, 0.15) is 0 Å². The van der Waals surface area contributed by atoms with Gasteiger partial charge in [-0.1, -0.05) is 30.3 Å². The summed E-state index contributed by atoms with van der Waals surface area (Å²) in [6.07, 6.45) is 1.04. The Hall–Kier alpha value is -2.66. The summed E-state index contributed by atoms with van der Waals surface area (Å²) in [7, 11) is 0. The highest BCUT2D eigenvalue weighted by Gasteiger charge is 2.10. The molecular formula is C19H22N2O3. The lowest BCUT2D eigenvalue weighted by molar-refractivity contribution is -0.116. The molecule has 2 N–H and O–H groups in total. The van der Waals surface area contributed by atoms with Gasteiger partial charge < -0.3 is 15.4 Å². The Morgan fingerprint density at radius 2 is 1.54 bits per heavy atom. The van der Waals surface area contributed by atoms with E-state index in [2.05, 4.69) is 10.6 Å². The zero-order valence-corrected chi connectivity index (χ0v) is 13.7. The summed E-state index contributed by atoms with van der Waals surface area (Å²) in [6.45, 7) is 3.14. The van der Waals surface area contributed by atoms with Crippen LogP contribution in [0.5, 0.6) is 0 Å². The number of carbonyl (C=O) groups is 2. The summed E-state index contributed by atoms with van der Waals surface area (Å²) in [5, 5.41) is 5.67. The maximum atomic E-state index is 12.3. The molecule has 0 radical (unpaired) electrons. The highest BCUT2D eigenvalue weighted by molar-refractivity contribution is 6.07. The first-order valence-electron chi connectivity index (χ1n) is 8.03. The summed E-state index contributed by atoms with van der Waals surface area (Å²) in [4.78, 5) is 24.3. The largest absolute Gasteiger partial charge is 0.382 e. The van der Waals surface area contributed by atoms with E-state index in [1.165, 1.54) is 0 Å². The van der Waals surface area contributed by atoms with Crippen LogP contribution in [0.1, 0.15) is 30.1 Å². The minimum absolute atomic E-state index is 0.101. The average Bonchev–Trinajstić information content (AvgIpc) is 2.61. The van der Waals surface area contributed by atoms with Gasteiger partial charge in [0, 0.05) is 25.2 Å². The molecule has 2 rings (SSSR count).